The lowest BCUT2D eigenvalue weighted by Gasteiger charge is -2.51. The summed E-state index contributed by atoms with van der Waals surface area (Å²) in [6, 6.07) is 11.8. The van der Waals surface area contributed by atoms with Crippen LogP contribution in [0.25, 0.3) is 0 Å². The average molecular weight is 863 g/mol. The molecule has 264 valence electrons. The number of nitrogens with two attached hydrogens (primary N) is 1. The lowest BCUT2D eigenvalue weighted by atomic mass is 9.49. The maximum Gasteiger partial charge on any atom is 0.328 e. The molecule has 0 spiro atoms. The Balaban J connectivity index is 1.52. The molecule has 0 radical (unpaired) electrons. The van der Waals surface area contributed by atoms with Crippen molar-refractivity contribution in [1.82, 2.24) is 9.91 Å². The highest BCUT2D eigenvalue weighted by Gasteiger charge is 2.71. The van der Waals surface area contributed by atoms with Gasteiger partial charge in [-0.2, -0.15) is 9.91 Å². The minimum Gasteiger partial charge on any atom is -0.503 e. The monoisotopic (exact) mass is 860 g/mol. The summed E-state index contributed by atoms with van der Waals surface area (Å²) < 4.78 is 11.6. The molecule has 3 fully saturated rings. The molecule has 7 rings (SSSR count). The van der Waals surface area contributed by atoms with Crippen LogP contribution in [0.2, 0.25) is 10.0 Å². The number of rotatable bonds is 6. The van der Waals surface area contributed by atoms with Gasteiger partial charge in [-0.1, -0.05) is 47.0 Å². The van der Waals surface area contributed by atoms with Gasteiger partial charge in [0.25, 0.3) is 11.8 Å². The quantitative estimate of drug-likeness (QED) is 0.190. The van der Waals surface area contributed by atoms with Gasteiger partial charge in [-0.15, -0.1) is 0 Å². The first-order valence-electron chi connectivity index (χ1n) is 15.6. The van der Waals surface area contributed by atoms with Crippen LogP contribution in [0.4, 0.5) is 10.5 Å². The number of hydrazine groups is 1. The van der Waals surface area contributed by atoms with Crippen LogP contribution >= 0.6 is 55.1 Å². The number of carbonyl (C=O) groups is 5. The summed E-state index contributed by atoms with van der Waals surface area (Å²) in [6.07, 6.45) is 1.85. The number of halogens is 4. The molecule has 1 saturated carbocycles. The molecule has 51 heavy (non-hydrogen) atoms. The van der Waals surface area contributed by atoms with Crippen LogP contribution in [0.5, 0.6) is 17.2 Å². The molecule has 2 aliphatic heterocycles. The number of nitrogens with one attached hydrogen (secondary N) is 1. The van der Waals surface area contributed by atoms with Crippen molar-refractivity contribution in [3.8, 4) is 17.2 Å². The number of allylic oxidation sites excluding steroid dienone is 2. The molecule has 3 aromatic carbocycles. The number of imide groups is 4. The Kier molecular flexibility index (Phi) is 8.88. The van der Waals surface area contributed by atoms with Crippen molar-refractivity contribution in [2.24, 2.45) is 29.4 Å². The van der Waals surface area contributed by atoms with E-state index in [0.717, 1.165) is 5.01 Å². The summed E-state index contributed by atoms with van der Waals surface area (Å²) in [6.45, 7) is 0. The largest absolute Gasteiger partial charge is 0.503 e. The van der Waals surface area contributed by atoms with Crippen LogP contribution < -0.4 is 20.6 Å². The highest BCUT2D eigenvalue weighted by Crippen LogP contribution is 2.65. The van der Waals surface area contributed by atoms with E-state index in [-0.39, 0.29) is 39.5 Å². The smallest absolute Gasteiger partial charge is 0.328 e. The first kappa shape index (κ1) is 35.3. The zero-order chi connectivity index (χ0) is 36.7. The van der Waals surface area contributed by atoms with E-state index in [0.29, 0.717) is 36.8 Å². The van der Waals surface area contributed by atoms with Crippen LogP contribution in [-0.2, 0) is 24.6 Å². The maximum absolute atomic E-state index is 15.4. The molecule has 0 unspecified atom stereocenters. The fourth-order valence-corrected chi connectivity index (χ4v) is 9.79. The topological polar surface area (TPSA) is 169 Å². The van der Waals surface area contributed by atoms with Gasteiger partial charge in [0.2, 0.25) is 11.8 Å². The summed E-state index contributed by atoms with van der Waals surface area (Å²) in [7, 11) is 2.88. The van der Waals surface area contributed by atoms with Gasteiger partial charge in [0, 0.05) is 15.4 Å². The first-order valence-corrected chi connectivity index (χ1v) is 18.0. The lowest BCUT2D eigenvalue weighted by Crippen LogP contribution is -2.53. The van der Waals surface area contributed by atoms with Gasteiger partial charge in [0.1, 0.15) is 5.75 Å². The summed E-state index contributed by atoms with van der Waals surface area (Å²) in [5.74, 6) is -7.15. The molecule has 12 nitrogen and oxygen atoms in total. The number of urea groups is 1. The number of fused-ring (bicyclic) bond motifs is 4. The second-order valence-electron chi connectivity index (χ2n) is 12.7. The number of benzene rings is 3. The fourth-order valence-electron chi connectivity index (χ4n) is 8.38. The van der Waals surface area contributed by atoms with E-state index in [4.69, 9.17) is 38.4 Å². The number of amides is 6. The van der Waals surface area contributed by atoms with Crippen LogP contribution in [0.1, 0.15) is 29.9 Å². The Hall–Kier alpha value is -4.11. The zero-order valence-electron chi connectivity index (χ0n) is 26.8. The van der Waals surface area contributed by atoms with Crippen molar-refractivity contribution in [3.63, 3.8) is 0 Å². The SMILES string of the molecule is COc1ccc([C@@]23C(=O)N(Nc4ccc(Cl)cc4Cl)C(=O)[C@@H]2C[C@@H]2C(=CC[C@@H]4C(=O)N(C(N)=O)C(=O)[C@@H]42)[C@@H]3c2cc(OC)c(O)c(Br)c2Br)cc1. The van der Waals surface area contributed by atoms with E-state index < -0.39 is 64.7 Å². The number of phenols is 1. The van der Waals surface area contributed by atoms with Crippen molar-refractivity contribution in [2.75, 3.05) is 19.6 Å². The van der Waals surface area contributed by atoms with Gasteiger partial charge in [-0.3, -0.25) is 24.6 Å². The molecule has 6 atom stereocenters. The molecule has 2 saturated heterocycles. The summed E-state index contributed by atoms with van der Waals surface area (Å²) in [5, 5.41) is 12.4. The van der Waals surface area contributed by atoms with Gasteiger partial charge in [-0.25, -0.2) is 4.79 Å². The maximum atomic E-state index is 15.4. The zero-order valence-corrected chi connectivity index (χ0v) is 31.5. The highest BCUT2D eigenvalue weighted by molar-refractivity contribution is 9.13. The highest BCUT2D eigenvalue weighted by atomic mass is 79.9. The van der Waals surface area contributed by atoms with Gasteiger partial charge in [0.05, 0.1) is 52.6 Å². The molecule has 0 bridgehead atoms. The van der Waals surface area contributed by atoms with Crippen molar-refractivity contribution in [2.45, 2.75) is 24.2 Å². The number of methoxy groups -OCH3 is 2. The summed E-state index contributed by atoms with van der Waals surface area (Å²) >= 11 is 19.7. The third-order valence-electron chi connectivity index (χ3n) is 10.5. The van der Waals surface area contributed by atoms with Gasteiger partial charge >= 0.3 is 6.03 Å². The number of carbonyl (C=O) groups excluding carboxylic acids is 5. The first-order chi connectivity index (χ1) is 24.3. The standard InChI is InChI=1S/C35H28Br2Cl2N4O8/c1-50-16-6-3-14(4-7-16)35-21(31(46)43(33(35)48)41-23-10-5-15(38)11-22(23)39)12-19-17(8-9-18-25(19)32(47)42(30(18)45)34(40)49)26(35)20-13-24(51-2)29(44)28(37)27(20)36/h3-8,10-11,13,18-19,21,25-26,41,44H,9,12H2,1-2H3,(H2,40,49)/t18-,19+,21-,25-,26+,35+/m0/s1. The number of primary amides is 1. The molecule has 2 aliphatic carbocycles. The Morgan fingerprint density at radius 2 is 1.67 bits per heavy atom. The van der Waals surface area contributed by atoms with Crippen LogP contribution in [-0.4, -0.2) is 58.9 Å². The van der Waals surface area contributed by atoms with Crippen molar-refractivity contribution < 1.29 is 38.6 Å². The normalized spacial score (nSPS) is 26.8. The van der Waals surface area contributed by atoms with Gasteiger partial charge < -0.3 is 20.3 Å². The Labute approximate surface area is 318 Å². The number of anilines is 1. The third kappa shape index (κ3) is 5.08. The number of ether oxygens (including phenoxy) is 2. The third-order valence-corrected chi connectivity index (χ3v) is 13.2. The predicted molar refractivity (Wildman–Crippen MR) is 192 cm³/mol. The van der Waals surface area contributed by atoms with Crippen LogP contribution in [0.15, 0.2) is 69.1 Å². The number of hydrogen-bond acceptors (Lipinski definition) is 9. The number of likely N-dealkylation sites (tertiary alicyclic amines) is 1. The molecule has 2 heterocycles. The minimum absolute atomic E-state index is 0.0355. The van der Waals surface area contributed by atoms with Crippen LogP contribution in [0.3, 0.4) is 0 Å². The molecule has 4 N–H and O–H groups in total. The number of nitrogens with zero attached hydrogens (tertiary/aromatic N) is 2. The fraction of sp³-hybridized carbons (Fsp3) is 0.286. The van der Waals surface area contributed by atoms with Crippen LogP contribution in [0, 0.1) is 23.7 Å². The van der Waals surface area contributed by atoms with Crippen molar-refractivity contribution in [1.29, 1.82) is 0 Å². The molecule has 6 amide bonds. The number of hydrogen-bond donors (Lipinski definition) is 3. The molecule has 3 aromatic rings. The number of phenolic OH excluding ortho intramolecular Hbond substituents is 1. The van der Waals surface area contributed by atoms with E-state index in [1.54, 1.807) is 36.4 Å². The second kappa shape index (κ2) is 12.8. The van der Waals surface area contributed by atoms with Gasteiger partial charge in [-0.05, 0) is 98.1 Å². The summed E-state index contributed by atoms with van der Waals surface area (Å²) in [5.41, 5.74) is 8.50. The Morgan fingerprint density at radius 3 is 2.29 bits per heavy atom. The van der Waals surface area contributed by atoms with Crippen molar-refractivity contribution in [3.05, 3.63) is 90.3 Å². The second-order valence-corrected chi connectivity index (χ2v) is 15.1. The molecule has 4 aliphatic rings. The van der Waals surface area contributed by atoms with Crippen molar-refractivity contribution >= 4 is 90.4 Å². The van der Waals surface area contributed by atoms with E-state index in [2.05, 4.69) is 37.3 Å². The Bertz CT molecular complexity index is 2100. The summed E-state index contributed by atoms with van der Waals surface area (Å²) in [4.78, 5) is 70.3. The number of aromatic hydroxyl groups is 1. The van der Waals surface area contributed by atoms with E-state index in [1.807, 2.05) is 6.08 Å². The van der Waals surface area contributed by atoms with E-state index in [1.165, 1.54) is 26.4 Å². The molecule has 0 aromatic heterocycles. The molecule has 16 heteroatoms. The van der Waals surface area contributed by atoms with E-state index >= 15 is 4.79 Å². The predicted octanol–water partition coefficient (Wildman–Crippen LogP) is 6.30. The Morgan fingerprint density at radius 1 is 0.961 bits per heavy atom. The average Bonchev–Trinajstić information content (AvgIpc) is 3.49. The molecular weight excluding hydrogens is 835 g/mol. The van der Waals surface area contributed by atoms with E-state index in [9.17, 15) is 24.3 Å². The minimum atomic E-state index is -1.68. The molecular formula is C35H28Br2Cl2N4O8. The lowest BCUT2D eigenvalue weighted by molar-refractivity contribution is -0.139. The van der Waals surface area contributed by atoms with Gasteiger partial charge in [0.15, 0.2) is 11.5 Å².